The van der Waals surface area contributed by atoms with Crippen LogP contribution in [-0.2, 0) is 41.7 Å². The Morgan fingerprint density at radius 1 is 0.966 bits per heavy atom. The minimum absolute atomic E-state index is 0.0119. The molecule has 0 spiro atoms. The average Bonchev–Trinajstić information content (AvgIpc) is 3.20. The first-order chi connectivity index (χ1) is 27.6. The number of methoxy groups -OCH3 is 2. The normalized spacial score (nSPS) is 26.2. The summed E-state index contributed by atoms with van der Waals surface area (Å²) in [5.41, 5.74) is 8.22. The van der Waals surface area contributed by atoms with Crippen LogP contribution in [0, 0.1) is 11.8 Å². The first-order valence-corrected chi connectivity index (χ1v) is 19.4. The summed E-state index contributed by atoms with van der Waals surface area (Å²) in [6, 6.07) is 17.3. The van der Waals surface area contributed by atoms with Crippen LogP contribution in [0.4, 0.5) is 4.79 Å². The average molecular weight is 797 g/mol. The van der Waals surface area contributed by atoms with Gasteiger partial charge >= 0.3 is 6.09 Å². The summed E-state index contributed by atoms with van der Waals surface area (Å²) in [6.45, 7) is 11.2. The van der Waals surface area contributed by atoms with Gasteiger partial charge < -0.3 is 35.7 Å². The van der Waals surface area contributed by atoms with E-state index in [1.807, 2.05) is 37.3 Å². The second kappa shape index (κ2) is 21.3. The molecule has 58 heavy (non-hydrogen) atoms. The number of rotatable bonds is 10. The summed E-state index contributed by atoms with van der Waals surface area (Å²) in [5.74, 6) is -3.38. The maximum absolute atomic E-state index is 14.1. The number of nitrogens with one attached hydrogen (secondary N) is 2. The monoisotopic (exact) mass is 796 g/mol. The van der Waals surface area contributed by atoms with Gasteiger partial charge in [0.1, 0.15) is 6.10 Å². The predicted octanol–water partition coefficient (Wildman–Crippen LogP) is 5.21. The molecular weight excluding hydrogens is 741 g/mol. The zero-order valence-electron chi connectivity index (χ0n) is 34.3. The van der Waals surface area contributed by atoms with Crippen LogP contribution in [0.2, 0.25) is 0 Å². The number of hydrogen-bond donors (Lipinski definition) is 4. The minimum atomic E-state index is -1.04. The number of amides is 3. The molecule has 2 bridgehead atoms. The molecule has 5 N–H and O–H groups in total. The van der Waals surface area contributed by atoms with E-state index in [1.165, 1.54) is 38.9 Å². The van der Waals surface area contributed by atoms with Crippen molar-refractivity contribution in [1.82, 2.24) is 15.5 Å². The van der Waals surface area contributed by atoms with E-state index < -0.39 is 59.8 Å². The van der Waals surface area contributed by atoms with Crippen molar-refractivity contribution >= 4 is 29.5 Å². The van der Waals surface area contributed by atoms with Gasteiger partial charge in [-0.3, -0.25) is 24.1 Å². The molecule has 2 aliphatic rings. The molecule has 4 rings (SSSR count). The van der Waals surface area contributed by atoms with Gasteiger partial charge in [0, 0.05) is 56.0 Å². The van der Waals surface area contributed by atoms with E-state index in [2.05, 4.69) is 34.6 Å². The second-order valence-electron chi connectivity index (χ2n) is 14.9. The lowest BCUT2D eigenvalue weighted by Crippen LogP contribution is -2.38. The second-order valence-corrected chi connectivity index (χ2v) is 14.9. The van der Waals surface area contributed by atoms with E-state index >= 15 is 0 Å². The fourth-order valence-electron chi connectivity index (χ4n) is 7.05. The van der Waals surface area contributed by atoms with Crippen LogP contribution in [0.1, 0.15) is 68.9 Å². The third-order valence-electron chi connectivity index (χ3n) is 10.4. The van der Waals surface area contributed by atoms with Gasteiger partial charge in [-0.15, -0.1) is 0 Å². The number of nitrogens with zero attached hydrogens (tertiary/aromatic N) is 1. The molecule has 13 heteroatoms. The van der Waals surface area contributed by atoms with Gasteiger partial charge in [-0.25, -0.2) is 4.79 Å². The lowest BCUT2D eigenvalue weighted by atomic mass is 9.85. The van der Waals surface area contributed by atoms with Gasteiger partial charge in [0.2, 0.25) is 11.6 Å². The van der Waals surface area contributed by atoms with Crippen molar-refractivity contribution in [2.45, 2.75) is 85.0 Å². The largest absolute Gasteiger partial charge is 0.439 e. The number of aliphatic hydroxyl groups excluding tert-OH is 1. The van der Waals surface area contributed by atoms with Crippen molar-refractivity contribution in [3.05, 3.63) is 130 Å². The number of primary amides is 1. The van der Waals surface area contributed by atoms with Gasteiger partial charge in [0.15, 0.2) is 6.10 Å². The van der Waals surface area contributed by atoms with Gasteiger partial charge in [0.25, 0.3) is 11.8 Å². The molecule has 2 aromatic rings. The maximum atomic E-state index is 14.1. The molecule has 0 saturated heterocycles. The van der Waals surface area contributed by atoms with E-state index in [9.17, 15) is 29.1 Å². The van der Waals surface area contributed by atoms with Crippen molar-refractivity contribution in [2.24, 2.45) is 17.6 Å². The van der Waals surface area contributed by atoms with E-state index in [1.54, 1.807) is 38.1 Å². The number of aliphatic hydroxyl groups is 1. The first-order valence-electron chi connectivity index (χ1n) is 19.4. The minimum Gasteiger partial charge on any atom is -0.439 e. The molecule has 1 aliphatic heterocycles. The van der Waals surface area contributed by atoms with Crippen LogP contribution in [0.15, 0.2) is 113 Å². The van der Waals surface area contributed by atoms with Gasteiger partial charge in [-0.05, 0) is 68.0 Å². The summed E-state index contributed by atoms with van der Waals surface area (Å²) < 4.78 is 16.7. The molecule has 0 fully saturated rings. The third kappa shape index (κ3) is 12.3. The van der Waals surface area contributed by atoms with Gasteiger partial charge in [0.05, 0.1) is 23.6 Å². The number of carbonyl (C=O) groups is 5. The number of benzene rings is 2. The summed E-state index contributed by atoms with van der Waals surface area (Å²) in [6.07, 6.45) is 3.01. The van der Waals surface area contributed by atoms with Crippen LogP contribution in [-0.4, -0.2) is 84.7 Å². The summed E-state index contributed by atoms with van der Waals surface area (Å²) in [5, 5.41) is 16.7. The SMILES string of the molecule is CCN(Cc1ccccc1)Cc1ccc(C(=O)NC2=C3CC(C)CC(OC)C(O)C(C)/C=C(\C)C(OC(N)=O)C(OC)/C=C\C=C(/C)C(=O)NC(=CC2=O)C3=O)cc1. The molecule has 6 atom stereocenters. The van der Waals surface area contributed by atoms with E-state index in [-0.39, 0.29) is 41.3 Å². The highest BCUT2D eigenvalue weighted by atomic mass is 16.6. The molecule has 13 nitrogen and oxygen atoms in total. The summed E-state index contributed by atoms with van der Waals surface area (Å²) in [4.78, 5) is 69.0. The molecule has 1 aliphatic carbocycles. The smallest absolute Gasteiger partial charge is 0.405 e. The van der Waals surface area contributed by atoms with E-state index in [0.717, 1.165) is 24.7 Å². The topological polar surface area (TPSA) is 187 Å². The molecule has 1 heterocycles. The molecule has 0 aromatic heterocycles. The van der Waals surface area contributed by atoms with Crippen LogP contribution in [0.25, 0.3) is 0 Å². The predicted molar refractivity (Wildman–Crippen MR) is 220 cm³/mol. The van der Waals surface area contributed by atoms with Crippen molar-refractivity contribution < 1.29 is 43.3 Å². The number of ketones is 2. The Morgan fingerprint density at radius 3 is 2.22 bits per heavy atom. The Morgan fingerprint density at radius 2 is 1.62 bits per heavy atom. The van der Waals surface area contributed by atoms with E-state index in [4.69, 9.17) is 19.9 Å². The Bertz CT molecular complexity index is 1970. The lowest BCUT2D eigenvalue weighted by Gasteiger charge is -2.30. The van der Waals surface area contributed by atoms with Crippen LogP contribution in [0.3, 0.4) is 0 Å². The van der Waals surface area contributed by atoms with Crippen LogP contribution in [0.5, 0.6) is 0 Å². The Labute approximate surface area is 340 Å². The first kappa shape index (κ1) is 45.2. The fourth-order valence-corrected chi connectivity index (χ4v) is 7.05. The van der Waals surface area contributed by atoms with E-state index in [0.29, 0.717) is 17.7 Å². The molecule has 310 valence electrons. The summed E-state index contributed by atoms with van der Waals surface area (Å²) >= 11 is 0. The lowest BCUT2D eigenvalue weighted by molar-refractivity contribution is -0.120. The summed E-state index contributed by atoms with van der Waals surface area (Å²) in [7, 11) is 2.88. The quantitative estimate of drug-likeness (QED) is 0.184. The Hall–Kier alpha value is -5.47. The third-order valence-corrected chi connectivity index (χ3v) is 10.4. The molecular formula is C45H56N4O9. The highest BCUT2D eigenvalue weighted by Gasteiger charge is 2.34. The highest BCUT2D eigenvalue weighted by Crippen LogP contribution is 2.29. The van der Waals surface area contributed by atoms with Gasteiger partial charge in [-0.2, -0.15) is 0 Å². The number of hydrogen-bond acceptors (Lipinski definition) is 10. The molecule has 0 saturated carbocycles. The van der Waals surface area contributed by atoms with Crippen LogP contribution < -0.4 is 16.4 Å². The molecule has 2 aromatic carbocycles. The highest BCUT2D eigenvalue weighted by molar-refractivity contribution is 6.24. The number of nitrogens with two attached hydrogens (primary N) is 1. The van der Waals surface area contributed by atoms with Crippen molar-refractivity contribution in [1.29, 1.82) is 0 Å². The molecule has 0 radical (unpaired) electrons. The van der Waals surface area contributed by atoms with Crippen molar-refractivity contribution in [3.63, 3.8) is 0 Å². The fraction of sp³-hybridized carbons (Fsp3) is 0.400. The molecule has 3 amide bonds. The number of Topliss-reactive ketones (excluding diaryl/α,β-unsaturated/α-hetero) is 1. The number of ether oxygens (including phenoxy) is 3. The Balaban J connectivity index is 1.65. The zero-order valence-corrected chi connectivity index (χ0v) is 34.3. The standard InChI is InChI=1S/C45H56N4O9/c1-8-49(25-31-14-10-9-11-15-31)26-32-17-19-33(20-18-32)44(54)48-39-34-21-27(2)22-38(57-7)40(51)29(4)23-30(5)42(58-45(46)55)37(56-6)16-12-13-28(3)43(53)47-35(41(34)52)24-36(39)50/h9-20,23-24,27,29,37-38,40,42,51H,8,21-22,25-26H2,1-7H3,(H2,46,55)(H,47,53)(H,48,54)/b16-12-,28-13+,30-23+. The zero-order chi connectivity index (χ0) is 42.5. The number of allylic oxidation sites excluding steroid dienone is 4. The van der Waals surface area contributed by atoms with Crippen LogP contribution >= 0.6 is 0 Å². The van der Waals surface area contributed by atoms with Crippen molar-refractivity contribution in [3.8, 4) is 0 Å². The molecule has 6 unspecified atom stereocenters. The maximum Gasteiger partial charge on any atom is 0.405 e. The Kier molecular flexibility index (Phi) is 16.6. The number of carbonyl (C=O) groups excluding carboxylic acids is 5. The van der Waals surface area contributed by atoms with Gasteiger partial charge in [-0.1, -0.05) is 87.5 Å². The number of fused-ring (bicyclic) bond motifs is 2. The van der Waals surface area contributed by atoms with Crippen molar-refractivity contribution in [2.75, 3.05) is 20.8 Å².